The predicted molar refractivity (Wildman–Crippen MR) is 81.5 cm³/mol. The Morgan fingerprint density at radius 3 is 2.90 bits per heavy atom. The SMILES string of the molecule is COC(=O)CNC(=O)c1cccc(-c2nc(CCl)cs2)c1. The van der Waals surface area contributed by atoms with E-state index in [-0.39, 0.29) is 12.5 Å². The van der Waals surface area contributed by atoms with Crippen molar-refractivity contribution in [2.24, 2.45) is 0 Å². The van der Waals surface area contributed by atoms with Gasteiger partial charge in [0.1, 0.15) is 11.6 Å². The lowest BCUT2D eigenvalue weighted by atomic mass is 10.1. The van der Waals surface area contributed by atoms with Gasteiger partial charge in [-0.3, -0.25) is 9.59 Å². The molecule has 0 spiro atoms. The first-order valence-corrected chi connectivity index (χ1v) is 7.51. The summed E-state index contributed by atoms with van der Waals surface area (Å²) < 4.78 is 4.47. The van der Waals surface area contributed by atoms with Crippen molar-refractivity contribution in [3.63, 3.8) is 0 Å². The number of thiazole rings is 1. The highest BCUT2D eigenvalue weighted by molar-refractivity contribution is 7.13. The highest BCUT2D eigenvalue weighted by atomic mass is 35.5. The Bertz CT molecular complexity index is 657. The monoisotopic (exact) mass is 324 g/mol. The van der Waals surface area contributed by atoms with Crippen molar-refractivity contribution in [1.29, 1.82) is 0 Å². The Labute approximate surface area is 130 Å². The van der Waals surface area contributed by atoms with E-state index in [1.165, 1.54) is 18.4 Å². The number of halogens is 1. The minimum Gasteiger partial charge on any atom is -0.468 e. The number of hydrogen-bond acceptors (Lipinski definition) is 5. The van der Waals surface area contributed by atoms with E-state index in [0.29, 0.717) is 11.4 Å². The Morgan fingerprint density at radius 2 is 2.24 bits per heavy atom. The lowest BCUT2D eigenvalue weighted by Crippen LogP contribution is -2.30. The van der Waals surface area contributed by atoms with Crippen molar-refractivity contribution in [2.75, 3.05) is 13.7 Å². The van der Waals surface area contributed by atoms with Crippen molar-refractivity contribution in [2.45, 2.75) is 5.88 Å². The van der Waals surface area contributed by atoms with Crippen LogP contribution in [0.3, 0.4) is 0 Å². The number of ether oxygens (including phenoxy) is 1. The summed E-state index contributed by atoms with van der Waals surface area (Å²) in [6, 6.07) is 7.04. The number of carbonyl (C=O) groups is 2. The fraction of sp³-hybridized carbons (Fsp3) is 0.214. The van der Waals surface area contributed by atoms with Gasteiger partial charge in [0.05, 0.1) is 18.7 Å². The topological polar surface area (TPSA) is 68.3 Å². The molecule has 1 amide bonds. The molecule has 7 heteroatoms. The molecule has 0 radical (unpaired) electrons. The molecule has 0 aliphatic rings. The highest BCUT2D eigenvalue weighted by Gasteiger charge is 2.10. The second-order valence-electron chi connectivity index (χ2n) is 4.12. The maximum absolute atomic E-state index is 12.0. The molecule has 0 atom stereocenters. The zero-order valence-electron chi connectivity index (χ0n) is 11.3. The second kappa shape index (κ2) is 7.19. The lowest BCUT2D eigenvalue weighted by molar-refractivity contribution is -0.139. The molecule has 110 valence electrons. The van der Waals surface area contributed by atoms with E-state index in [9.17, 15) is 9.59 Å². The Kier molecular flexibility index (Phi) is 5.30. The van der Waals surface area contributed by atoms with Crippen LogP contribution < -0.4 is 5.32 Å². The third kappa shape index (κ3) is 4.03. The predicted octanol–water partition coefficient (Wildman–Crippen LogP) is 2.45. The quantitative estimate of drug-likeness (QED) is 0.677. The van der Waals surface area contributed by atoms with Crippen LogP contribution in [-0.4, -0.2) is 30.5 Å². The molecule has 2 rings (SSSR count). The standard InChI is InChI=1S/C14H13ClN2O3S/c1-20-12(18)7-16-13(19)9-3-2-4-10(5-9)14-17-11(6-15)8-21-14/h2-5,8H,6-7H2,1H3,(H,16,19). The van der Waals surface area contributed by atoms with Crippen LogP contribution in [0.5, 0.6) is 0 Å². The van der Waals surface area contributed by atoms with Crippen molar-refractivity contribution in [3.05, 3.63) is 40.9 Å². The molecule has 0 saturated carbocycles. The molecule has 1 aromatic carbocycles. The minimum absolute atomic E-state index is 0.160. The summed E-state index contributed by atoms with van der Waals surface area (Å²) in [6.07, 6.45) is 0. The second-order valence-corrected chi connectivity index (χ2v) is 5.24. The smallest absolute Gasteiger partial charge is 0.325 e. The summed E-state index contributed by atoms with van der Waals surface area (Å²) in [4.78, 5) is 27.3. The number of alkyl halides is 1. The molecule has 0 aliphatic heterocycles. The van der Waals surface area contributed by atoms with Gasteiger partial charge in [-0.25, -0.2) is 4.98 Å². The largest absolute Gasteiger partial charge is 0.468 e. The van der Waals surface area contributed by atoms with Gasteiger partial charge >= 0.3 is 5.97 Å². The van der Waals surface area contributed by atoms with Crippen molar-refractivity contribution in [3.8, 4) is 10.6 Å². The van der Waals surface area contributed by atoms with Crippen LogP contribution in [0.15, 0.2) is 29.6 Å². The van der Waals surface area contributed by atoms with Gasteiger partial charge in [0, 0.05) is 16.5 Å². The molecule has 0 unspecified atom stereocenters. The Morgan fingerprint density at radius 1 is 1.43 bits per heavy atom. The van der Waals surface area contributed by atoms with Gasteiger partial charge in [0.2, 0.25) is 0 Å². The van der Waals surface area contributed by atoms with Gasteiger partial charge in [0.25, 0.3) is 5.91 Å². The van der Waals surface area contributed by atoms with Gasteiger partial charge in [-0.05, 0) is 12.1 Å². The number of hydrogen-bond donors (Lipinski definition) is 1. The summed E-state index contributed by atoms with van der Waals surface area (Å²) in [5.74, 6) is -0.474. The third-order valence-electron chi connectivity index (χ3n) is 2.68. The van der Waals surface area contributed by atoms with E-state index in [2.05, 4.69) is 15.0 Å². The fourth-order valence-electron chi connectivity index (χ4n) is 1.62. The van der Waals surface area contributed by atoms with E-state index >= 15 is 0 Å². The summed E-state index contributed by atoms with van der Waals surface area (Å²) in [6.45, 7) is -0.160. The first kappa shape index (κ1) is 15.5. The number of nitrogens with one attached hydrogen (secondary N) is 1. The van der Waals surface area contributed by atoms with Gasteiger partial charge in [0.15, 0.2) is 0 Å². The third-order valence-corrected chi connectivity index (χ3v) is 3.90. The zero-order valence-corrected chi connectivity index (χ0v) is 12.8. The van der Waals surface area contributed by atoms with E-state index < -0.39 is 5.97 Å². The van der Waals surface area contributed by atoms with Gasteiger partial charge in [-0.2, -0.15) is 0 Å². The number of nitrogens with zero attached hydrogens (tertiary/aromatic N) is 1. The normalized spacial score (nSPS) is 10.2. The average molecular weight is 325 g/mol. The molecule has 2 aromatic rings. The molecule has 0 bridgehead atoms. The van der Waals surface area contributed by atoms with Crippen LogP contribution >= 0.6 is 22.9 Å². The lowest BCUT2D eigenvalue weighted by Gasteiger charge is -2.05. The number of amides is 1. The number of methoxy groups -OCH3 is 1. The molecular weight excluding hydrogens is 312 g/mol. The van der Waals surface area contributed by atoms with E-state index in [4.69, 9.17) is 11.6 Å². The molecule has 1 N–H and O–H groups in total. The van der Waals surface area contributed by atoms with Crippen LogP contribution in [0.2, 0.25) is 0 Å². The first-order chi connectivity index (χ1) is 10.1. The molecule has 21 heavy (non-hydrogen) atoms. The number of rotatable bonds is 5. The van der Waals surface area contributed by atoms with E-state index in [0.717, 1.165) is 16.3 Å². The molecule has 1 aromatic heterocycles. The maximum atomic E-state index is 12.0. The average Bonchev–Trinajstić information content (AvgIpc) is 3.01. The molecule has 0 saturated heterocycles. The van der Waals surface area contributed by atoms with Crippen LogP contribution in [0.4, 0.5) is 0 Å². The summed E-state index contributed by atoms with van der Waals surface area (Å²) in [5, 5.41) is 5.17. The number of benzene rings is 1. The molecule has 1 heterocycles. The number of aromatic nitrogens is 1. The van der Waals surface area contributed by atoms with Gasteiger partial charge in [-0.1, -0.05) is 12.1 Å². The van der Waals surface area contributed by atoms with Crippen LogP contribution in [-0.2, 0) is 15.4 Å². The van der Waals surface area contributed by atoms with Crippen LogP contribution in [0, 0.1) is 0 Å². The maximum Gasteiger partial charge on any atom is 0.325 e. The van der Waals surface area contributed by atoms with Crippen LogP contribution in [0.1, 0.15) is 16.1 Å². The number of esters is 1. The van der Waals surface area contributed by atoms with E-state index in [1.807, 2.05) is 11.4 Å². The minimum atomic E-state index is -0.494. The van der Waals surface area contributed by atoms with Crippen molar-refractivity contribution >= 4 is 34.8 Å². The summed E-state index contributed by atoms with van der Waals surface area (Å²) in [5.41, 5.74) is 2.10. The van der Waals surface area contributed by atoms with Crippen molar-refractivity contribution < 1.29 is 14.3 Å². The van der Waals surface area contributed by atoms with Crippen LogP contribution in [0.25, 0.3) is 10.6 Å². The number of carbonyl (C=O) groups excluding carboxylic acids is 2. The van der Waals surface area contributed by atoms with Gasteiger partial charge in [-0.15, -0.1) is 22.9 Å². The van der Waals surface area contributed by atoms with E-state index in [1.54, 1.807) is 18.2 Å². The van der Waals surface area contributed by atoms with Gasteiger partial charge < -0.3 is 10.1 Å². The Hall–Kier alpha value is -1.92. The molecular formula is C14H13ClN2O3S. The van der Waals surface area contributed by atoms with Crippen molar-refractivity contribution in [1.82, 2.24) is 10.3 Å². The fourth-order valence-corrected chi connectivity index (χ4v) is 2.67. The summed E-state index contributed by atoms with van der Waals surface area (Å²) in [7, 11) is 1.27. The zero-order chi connectivity index (χ0) is 15.2. The molecule has 5 nitrogen and oxygen atoms in total. The first-order valence-electron chi connectivity index (χ1n) is 6.10. The molecule has 0 aliphatic carbocycles. The molecule has 0 fully saturated rings. The summed E-state index contributed by atoms with van der Waals surface area (Å²) >= 11 is 7.20. The Balaban J connectivity index is 2.13. The highest BCUT2D eigenvalue weighted by Crippen LogP contribution is 2.25.